The van der Waals surface area contributed by atoms with Crippen LogP contribution in [0.2, 0.25) is 10.0 Å². The molecule has 25 heavy (non-hydrogen) atoms. The predicted molar refractivity (Wildman–Crippen MR) is 99.1 cm³/mol. The number of carbonyl (C=O) groups is 1. The van der Waals surface area contributed by atoms with Crippen molar-refractivity contribution in [1.29, 1.82) is 0 Å². The number of anilines is 1. The number of benzene rings is 1. The SMILES string of the molecule is C[C@H](Sc1nnc(-c2ccco2)n1C)C(=O)Nc1cc(Cl)cc(Cl)c1. The number of hydrogen-bond donors (Lipinski definition) is 1. The van der Waals surface area contributed by atoms with Gasteiger partial charge in [0, 0.05) is 22.8 Å². The Kier molecular flexibility index (Phi) is 5.36. The van der Waals surface area contributed by atoms with Crippen LogP contribution in [0.5, 0.6) is 0 Å². The Balaban J connectivity index is 1.69. The summed E-state index contributed by atoms with van der Waals surface area (Å²) < 4.78 is 7.11. The van der Waals surface area contributed by atoms with Crippen molar-refractivity contribution in [3.05, 3.63) is 46.6 Å². The van der Waals surface area contributed by atoms with Crippen LogP contribution in [0.3, 0.4) is 0 Å². The third-order valence-corrected chi connectivity index (χ3v) is 4.93. The molecule has 1 N–H and O–H groups in total. The Bertz CT molecular complexity index is 875. The van der Waals surface area contributed by atoms with E-state index in [9.17, 15) is 4.79 Å². The Morgan fingerprint density at radius 1 is 1.28 bits per heavy atom. The molecule has 3 aromatic rings. The van der Waals surface area contributed by atoms with Crippen molar-refractivity contribution in [3.8, 4) is 11.6 Å². The van der Waals surface area contributed by atoms with Gasteiger partial charge in [0.05, 0.1) is 11.5 Å². The van der Waals surface area contributed by atoms with Crippen LogP contribution in [0.15, 0.2) is 46.2 Å². The van der Waals surface area contributed by atoms with Crippen LogP contribution in [0.1, 0.15) is 6.92 Å². The predicted octanol–water partition coefficient (Wildman–Crippen LogP) is 4.50. The zero-order chi connectivity index (χ0) is 18.0. The maximum atomic E-state index is 12.4. The molecule has 0 fully saturated rings. The molecule has 2 heterocycles. The Morgan fingerprint density at radius 3 is 2.64 bits per heavy atom. The quantitative estimate of drug-likeness (QED) is 0.642. The van der Waals surface area contributed by atoms with Crippen molar-refractivity contribution < 1.29 is 9.21 Å². The molecule has 0 aliphatic heterocycles. The second-order valence-electron chi connectivity index (χ2n) is 5.25. The van der Waals surface area contributed by atoms with Crippen LogP contribution in [-0.2, 0) is 11.8 Å². The highest BCUT2D eigenvalue weighted by molar-refractivity contribution is 8.00. The van der Waals surface area contributed by atoms with Gasteiger partial charge >= 0.3 is 0 Å². The lowest BCUT2D eigenvalue weighted by molar-refractivity contribution is -0.115. The molecular formula is C16H14Cl2N4O2S. The molecule has 6 nitrogen and oxygen atoms in total. The first-order valence-electron chi connectivity index (χ1n) is 7.31. The summed E-state index contributed by atoms with van der Waals surface area (Å²) in [5.41, 5.74) is 0.546. The summed E-state index contributed by atoms with van der Waals surface area (Å²) in [6.07, 6.45) is 1.57. The number of carbonyl (C=O) groups excluding carboxylic acids is 1. The second kappa shape index (κ2) is 7.51. The van der Waals surface area contributed by atoms with Crippen molar-refractivity contribution in [2.75, 3.05) is 5.32 Å². The number of furan rings is 1. The Hall–Kier alpha value is -1.96. The van der Waals surface area contributed by atoms with Gasteiger partial charge in [-0.05, 0) is 37.3 Å². The van der Waals surface area contributed by atoms with Gasteiger partial charge in [0.1, 0.15) is 0 Å². The molecule has 130 valence electrons. The van der Waals surface area contributed by atoms with E-state index < -0.39 is 5.25 Å². The summed E-state index contributed by atoms with van der Waals surface area (Å²) in [6, 6.07) is 8.47. The zero-order valence-electron chi connectivity index (χ0n) is 13.4. The zero-order valence-corrected chi connectivity index (χ0v) is 15.7. The molecule has 0 saturated heterocycles. The van der Waals surface area contributed by atoms with E-state index in [0.29, 0.717) is 32.5 Å². The molecule has 2 aromatic heterocycles. The lowest BCUT2D eigenvalue weighted by atomic mass is 10.3. The summed E-state index contributed by atoms with van der Waals surface area (Å²) in [4.78, 5) is 12.4. The summed E-state index contributed by atoms with van der Waals surface area (Å²) in [5.74, 6) is 1.03. The van der Waals surface area contributed by atoms with Crippen molar-refractivity contribution >= 4 is 46.6 Å². The number of amides is 1. The third-order valence-electron chi connectivity index (χ3n) is 3.36. The van der Waals surface area contributed by atoms with E-state index in [4.69, 9.17) is 27.6 Å². The number of aromatic nitrogens is 3. The summed E-state index contributed by atoms with van der Waals surface area (Å²) in [6.45, 7) is 1.79. The van der Waals surface area contributed by atoms with Crippen LogP contribution in [-0.4, -0.2) is 25.9 Å². The van der Waals surface area contributed by atoms with Gasteiger partial charge in [-0.3, -0.25) is 4.79 Å². The van der Waals surface area contributed by atoms with Crippen LogP contribution >= 0.6 is 35.0 Å². The van der Waals surface area contributed by atoms with Crippen LogP contribution in [0.25, 0.3) is 11.6 Å². The lowest BCUT2D eigenvalue weighted by Gasteiger charge is -2.12. The Labute approximate surface area is 158 Å². The van der Waals surface area contributed by atoms with Crippen LogP contribution in [0.4, 0.5) is 5.69 Å². The van der Waals surface area contributed by atoms with Crippen molar-refractivity contribution in [1.82, 2.24) is 14.8 Å². The molecular weight excluding hydrogens is 383 g/mol. The molecule has 1 atom stereocenters. The first kappa shape index (κ1) is 17.8. The van der Waals surface area contributed by atoms with Crippen LogP contribution < -0.4 is 5.32 Å². The topological polar surface area (TPSA) is 73.0 Å². The Morgan fingerprint density at radius 2 is 2.00 bits per heavy atom. The molecule has 0 aliphatic carbocycles. The van der Waals surface area contributed by atoms with Gasteiger partial charge in [0.15, 0.2) is 16.7 Å². The minimum absolute atomic E-state index is 0.189. The molecule has 0 aliphatic rings. The molecule has 3 rings (SSSR count). The van der Waals surface area contributed by atoms with E-state index in [0.717, 1.165) is 0 Å². The fourth-order valence-electron chi connectivity index (χ4n) is 2.12. The van der Waals surface area contributed by atoms with E-state index in [2.05, 4.69) is 15.5 Å². The van der Waals surface area contributed by atoms with E-state index in [-0.39, 0.29) is 5.91 Å². The molecule has 1 aromatic carbocycles. The van der Waals surface area contributed by atoms with Crippen LogP contribution in [0, 0.1) is 0 Å². The number of nitrogens with one attached hydrogen (secondary N) is 1. The van der Waals surface area contributed by atoms with Gasteiger partial charge < -0.3 is 14.3 Å². The standard InChI is InChI=1S/C16H14Cl2N4O2S/c1-9(15(23)19-12-7-10(17)6-11(18)8-12)25-16-21-20-14(22(16)2)13-4-3-5-24-13/h3-9H,1-2H3,(H,19,23)/t9-/m0/s1. The number of hydrogen-bond acceptors (Lipinski definition) is 5. The highest BCUT2D eigenvalue weighted by Crippen LogP contribution is 2.27. The molecule has 0 unspecified atom stereocenters. The van der Waals surface area contributed by atoms with Crippen molar-refractivity contribution in [2.24, 2.45) is 7.05 Å². The molecule has 0 radical (unpaired) electrons. The normalized spacial score (nSPS) is 12.2. The maximum absolute atomic E-state index is 12.4. The second-order valence-corrected chi connectivity index (χ2v) is 7.43. The average molecular weight is 397 g/mol. The number of rotatable bonds is 5. The highest BCUT2D eigenvalue weighted by Gasteiger charge is 2.20. The van der Waals surface area contributed by atoms with E-state index >= 15 is 0 Å². The fraction of sp³-hybridized carbons (Fsp3) is 0.188. The van der Waals surface area contributed by atoms with Gasteiger partial charge in [-0.15, -0.1) is 10.2 Å². The average Bonchev–Trinajstić information content (AvgIpc) is 3.17. The first-order valence-corrected chi connectivity index (χ1v) is 8.94. The first-order chi connectivity index (χ1) is 11.9. The van der Waals surface area contributed by atoms with Gasteiger partial charge in [-0.1, -0.05) is 35.0 Å². The third kappa shape index (κ3) is 4.18. The molecule has 0 spiro atoms. The smallest absolute Gasteiger partial charge is 0.237 e. The largest absolute Gasteiger partial charge is 0.461 e. The van der Waals surface area contributed by atoms with Gasteiger partial charge in [0.2, 0.25) is 5.91 Å². The van der Waals surface area contributed by atoms with E-state index in [1.807, 2.05) is 7.05 Å². The number of nitrogens with zero attached hydrogens (tertiary/aromatic N) is 3. The highest BCUT2D eigenvalue weighted by atomic mass is 35.5. The summed E-state index contributed by atoms with van der Waals surface area (Å²) in [5, 5.41) is 12.2. The molecule has 0 saturated carbocycles. The van der Waals surface area contributed by atoms with E-state index in [1.165, 1.54) is 11.8 Å². The minimum atomic E-state index is -0.398. The number of halogens is 2. The molecule has 9 heteroatoms. The van der Waals surface area contributed by atoms with Gasteiger partial charge in [-0.2, -0.15) is 0 Å². The monoisotopic (exact) mass is 396 g/mol. The fourth-order valence-corrected chi connectivity index (χ4v) is 3.46. The molecule has 0 bridgehead atoms. The van der Waals surface area contributed by atoms with Crippen molar-refractivity contribution in [3.63, 3.8) is 0 Å². The summed E-state index contributed by atoms with van der Waals surface area (Å²) >= 11 is 13.2. The summed E-state index contributed by atoms with van der Waals surface area (Å²) in [7, 11) is 1.82. The van der Waals surface area contributed by atoms with Crippen molar-refractivity contribution in [2.45, 2.75) is 17.3 Å². The maximum Gasteiger partial charge on any atom is 0.237 e. The molecule has 1 amide bonds. The number of thioether (sulfide) groups is 1. The minimum Gasteiger partial charge on any atom is -0.461 e. The lowest BCUT2D eigenvalue weighted by Crippen LogP contribution is -2.22. The van der Waals surface area contributed by atoms with E-state index in [1.54, 1.807) is 48.1 Å². The van der Waals surface area contributed by atoms with Gasteiger partial charge in [-0.25, -0.2) is 0 Å². The van der Waals surface area contributed by atoms with Gasteiger partial charge in [0.25, 0.3) is 0 Å².